The van der Waals surface area contributed by atoms with Crippen LogP contribution in [0.15, 0.2) is 35.0 Å². The summed E-state index contributed by atoms with van der Waals surface area (Å²) in [5.74, 6) is 1.11. The molecule has 0 N–H and O–H groups in total. The number of carbonyl (C=O) groups is 1. The highest BCUT2D eigenvalue weighted by Gasteiger charge is 2.28. The lowest BCUT2D eigenvalue weighted by Crippen LogP contribution is -2.52. The van der Waals surface area contributed by atoms with Gasteiger partial charge in [0.2, 0.25) is 5.71 Å². The Balaban J connectivity index is 1.45. The first-order chi connectivity index (χ1) is 14.5. The van der Waals surface area contributed by atoms with Crippen molar-refractivity contribution in [2.24, 2.45) is 0 Å². The van der Waals surface area contributed by atoms with Gasteiger partial charge in [0.25, 0.3) is 6.01 Å². The zero-order chi connectivity index (χ0) is 21.1. The molecule has 0 radical (unpaired) electrons. The van der Waals surface area contributed by atoms with E-state index in [2.05, 4.69) is 36.7 Å². The van der Waals surface area contributed by atoms with Gasteiger partial charge < -0.3 is 19.0 Å². The molecule has 1 aliphatic heterocycles. The molecule has 1 saturated heterocycles. The second kappa shape index (κ2) is 8.64. The van der Waals surface area contributed by atoms with Gasteiger partial charge in [-0.2, -0.15) is 4.98 Å². The van der Waals surface area contributed by atoms with E-state index in [1.54, 1.807) is 19.3 Å². The van der Waals surface area contributed by atoms with Crippen LogP contribution in [0.1, 0.15) is 45.5 Å². The van der Waals surface area contributed by atoms with Gasteiger partial charge in [-0.1, -0.05) is 6.92 Å². The highest BCUT2D eigenvalue weighted by molar-refractivity contribution is 5.70. The molecule has 4 heterocycles. The van der Waals surface area contributed by atoms with E-state index in [0.717, 1.165) is 37.4 Å². The van der Waals surface area contributed by atoms with Crippen molar-refractivity contribution in [3.63, 3.8) is 0 Å². The minimum absolute atomic E-state index is 0.183. The smallest absolute Gasteiger partial charge is 0.306 e. The predicted octanol–water partition coefficient (Wildman–Crippen LogP) is 3.13. The number of ether oxygens (including phenoxy) is 1. The number of rotatable bonds is 6. The number of aromatic nitrogens is 4. The normalized spacial score (nSPS) is 17.9. The fourth-order valence-electron chi connectivity index (χ4n) is 3.60. The van der Waals surface area contributed by atoms with Crippen LogP contribution in [0.5, 0.6) is 0 Å². The number of piperazine rings is 1. The summed E-state index contributed by atoms with van der Waals surface area (Å²) >= 11 is 0. The Labute approximate surface area is 175 Å². The minimum atomic E-state index is -0.479. The largest absolute Gasteiger partial charge is 0.454 e. The molecule has 30 heavy (non-hydrogen) atoms. The molecule has 4 rings (SSSR count). The average Bonchev–Trinajstić information content (AvgIpc) is 3.18. The van der Waals surface area contributed by atoms with Gasteiger partial charge in [-0.25, -0.2) is 15.0 Å². The molecule has 0 spiro atoms. The Morgan fingerprint density at radius 1 is 1.27 bits per heavy atom. The van der Waals surface area contributed by atoms with E-state index in [1.165, 1.54) is 0 Å². The van der Waals surface area contributed by atoms with Gasteiger partial charge in [0.05, 0.1) is 0 Å². The monoisotopic (exact) mass is 410 g/mol. The number of hydrogen-bond donors (Lipinski definition) is 0. The number of carbonyl (C=O) groups excluding carboxylic acids is 1. The molecular formula is C21H26N6O3. The number of fused-ring (bicyclic) bond motifs is 1. The first-order valence-electron chi connectivity index (χ1n) is 10.3. The summed E-state index contributed by atoms with van der Waals surface area (Å²) < 4.78 is 11.2. The molecule has 3 aromatic rings. The van der Waals surface area contributed by atoms with Crippen LogP contribution in [0, 0.1) is 0 Å². The van der Waals surface area contributed by atoms with Crippen molar-refractivity contribution >= 4 is 29.0 Å². The molecule has 1 aliphatic rings. The number of hydrogen-bond acceptors (Lipinski definition) is 9. The van der Waals surface area contributed by atoms with E-state index in [0.29, 0.717) is 24.0 Å². The third-order valence-corrected chi connectivity index (χ3v) is 5.13. The van der Waals surface area contributed by atoms with Gasteiger partial charge in [-0.05, 0) is 38.5 Å². The summed E-state index contributed by atoms with van der Waals surface area (Å²) in [5, 5.41) is 0. The van der Waals surface area contributed by atoms with Crippen LogP contribution in [-0.2, 0) is 9.53 Å². The van der Waals surface area contributed by atoms with Crippen molar-refractivity contribution in [1.82, 2.24) is 19.9 Å². The number of oxazole rings is 1. The van der Waals surface area contributed by atoms with Crippen LogP contribution in [0.2, 0.25) is 0 Å². The van der Waals surface area contributed by atoms with E-state index in [4.69, 9.17) is 9.15 Å². The molecule has 9 heteroatoms. The highest BCUT2D eigenvalue weighted by Crippen LogP contribution is 2.25. The maximum absolute atomic E-state index is 11.8. The molecule has 0 amide bonds. The van der Waals surface area contributed by atoms with E-state index in [1.807, 2.05) is 25.1 Å². The lowest BCUT2D eigenvalue weighted by Gasteiger charge is -2.39. The summed E-state index contributed by atoms with van der Waals surface area (Å²) in [4.78, 5) is 33.9. The fourth-order valence-corrected chi connectivity index (χ4v) is 3.60. The van der Waals surface area contributed by atoms with Crippen molar-refractivity contribution in [2.45, 2.75) is 45.8 Å². The SMILES string of the molecule is CCCC(=O)OC(C)c1nccc(N2CCN(c3nc4cccnc4o3)CC2C)n1. The number of pyridine rings is 1. The molecule has 2 unspecified atom stereocenters. The topological polar surface area (TPSA) is 97.5 Å². The Morgan fingerprint density at radius 3 is 2.90 bits per heavy atom. The van der Waals surface area contributed by atoms with Crippen molar-refractivity contribution in [3.8, 4) is 0 Å². The molecule has 0 bridgehead atoms. The predicted molar refractivity (Wildman–Crippen MR) is 112 cm³/mol. The maximum atomic E-state index is 11.8. The Bertz CT molecular complexity index is 990. The molecule has 1 fully saturated rings. The second-order valence-electron chi connectivity index (χ2n) is 7.47. The van der Waals surface area contributed by atoms with Gasteiger partial charge in [-0.3, -0.25) is 4.79 Å². The first-order valence-corrected chi connectivity index (χ1v) is 10.3. The highest BCUT2D eigenvalue weighted by atomic mass is 16.5. The Kier molecular flexibility index (Phi) is 5.78. The molecule has 0 saturated carbocycles. The summed E-state index contributed by atoms with van der Waals surface area (Å²) in [6.45, 7) is 8.13. The van der Waals surface area contributed by atoms with Gasteiger partial charge in [-0.15, -0.1) is 0 Å². The molecule has 158 valence electrons. The zero-order valence-electron chi connectivity index (χ0n) is 17.5. The quantitative estimate of drug-likeness (QED) is 0.568. The van der Waals surface area contributed by atoms with E-state index >= 15 is 0 Å². The third kappa shape index (κ3) is 4.19. The summed E-state index contributed by atoms with van der Waals surface area (Å²) in [7, 11) is 0. The number of nitrogens with zero attached hydrogens (tertiary/aromatic N) is 6. The van der Waals surface area contributed by atoms with Crippen LogP contribution < -0.4 is 9.80 Å². The maximum Gasteiger partial charge on any atom is 0.306 e. The third-order valence-electron chi connectivity index (χ3n) is 5.13. The summed E-state index contributed by atoms with van der Waals surface area (Å²) in [6.07, 6.45) is 4.09. The van der Waals surface area contributed by atoms with Crippen LogP contribution in [0.3, 0.4) is 0 Å². The fraction of sp³-hybridized carbons (Fsp3) is 0.476. The van der Waals surface area contributed by atoms with Gasteiger partial charge in [0, 0.05) is 44.5 Å². The number of anilines is 2. The van der Waals surface area contributed by atoms with E-state index in [9.17, 15) is 4.79 Å². The average molecular weight is 410 g/mol. The van der Waals surface area contributed by atoms with Crippen LogP contribution in [0.25, 0.3) is 11.2 Å². The summed E-state index contributed by atoms with van der Waals surface area (Å²) in [5.41, 5.74) is 1.31. The van der Waals surface area contributed by atoms with Crippen LogP contribution in [-0.4, -0.2) is 51.6 Å². The first kappa shape index (κ1) is 20.1. The second-order valence-corrected chi connectivity index (χ2v) is 7.47. The number of esters is 1. The van der Waals surface area contributed by atoms with E-state index in [-0.39, 0.29) is 12.0 Å². The lowest BCUT2D eigenvalue weighted by molar-refractivity contribution is -0.149. The Hall–Kier alpha value is -3.23. The minimum Gasteiger partial charge on any atom is -0.454 e. The van der Waals surface area contributed by atoms with Crippen molar-refractivity contribution < 1.29 is 13.9 Å². The van der Waals surface area contributed by atoms with Crippen LogP contribution in [0.4, 0.5) is 11.8 Å². The van der Waals surface area contributed by atoms with Crippen molar-refractivity contribution in [1.29, 1.82) is 0 Å². The molecule has 2 atom stereocenters. The van der Waals surface area contributed by atoms with Crippen molar-refractivity contribution in [2.75, 3.05) is 29.4 Å². The van der Waals surface area contributed by atoms with Gasteiger partial charge >= 0.3 is 5.97 Å². The zero-order valence-corrected chi connectivity index (χ0v) is 17.5. The molecular weight excluding hydrogens is 384 g/mol. The van der Waals surface area contributed by atoms with Crippen LogP contribution >= 0.6 is 0 Å². The molecule has 0 aliphatic carbocycles. The Morgan fingerprint density at radius 2 is 2.13 bits per heavy atom. The van der Waals surface area contributed by atoms with E-state index < -0.39 is 6.10 Å². The molecule has 9 nitrogen and oxygen atoms in total. The standard InChI is InChI=1S/C21H26N6O3/c1-4-6-18(28)29-15(3)19-22-10-8-17(25-19)27-12-11-26(13-14(27)2)21-24-16-7-5-9-23-20(16)30-21/h5,7-10,14-15H,4,6,11-13H2,1-3H3. The molecule has 0 aromatic carbocycles. The summed E-state index contributed by atoms with van der Waals surface area (Å²) in [6, 6.07) is 6.41. The van der Waals surface area contributed by atoms with Gasteiger partial charge in [0.15, 0.2) is 11.9 Å². The molecule has 3 aromatic heterocycles. The lowest BCUT2D eigenvalue weighted by atomic mass is 10.2. The van der Waals surface area contributed by atoms with Crippen molar-refractivity contribution in [3.05, 3.63) is 36.4 Å². The van der Waals surface area contributed by atoms with Gasteiger partial charge in [0.1, 0.15) is 11.3 Å².